The van der Waals surface area contributed by atoms with Crippen molar-refractivity contribution in [2.75, 3.05) is 0 Å². The Morgan fingerprint density at radius 1 is 1.33 bits per heavy atom. The molecule has 15 heavy (non-hydrogen) atoms. The van der Waals surface area contributed by atoms with E-state index in [0.29, 0.717) is 0 Å². The molecule has 0 heterocycles. The zero-order valence-electron chi connectivity index (χ0n) is 8.86. The van der Waals surface area contributed by atoms with Gasteiger partial charge in [0.25, 0.3) is 0 Å². The predicted octanol–water partition coefficient (Wildman–Crippen LogP) is 3.82. The van der Waals surface area contributed by atoms with E-state index < -0.39 is 0 Å². The van der Waals surface area contributed by atoms with Crippen LogP contribution in [0.2, 0.25) is 0 Å². The Labute approximate surface area is 91.1 Å². The zero-order chi connectivity index (χ0) is 10.5. The van der Waals surface area contributed by atoms with Crippen LogP contribution < -0.4 is 4.74 Å². The molecule has 1 heteroatoms. The second-order valence-electron chi connectivity index (χ2n) is 3.76. The monoisotopic (exact) mass is 200 g/mol. The Morgan fingerprint density at radius 2 is 2.20 bits per heavy atom. The van der Waals surface area contributed by atoms with Crippen LogP contribution in [0.25, 0.3) is 6.08 Å². The van der Waals surface area contributed by atoms with E-state index in [1.54, 1.807) is 0 Å². The molecule has 0 aliphatic heterocycles. The molecule has 1 aromatic rings. The minimum absolute atomic E-state index is 0.236. The molecule has 1 unspecified atom stereocenters. The number of benzene rings is 1. The van der Waals surface area contributed by atoms with Gasteiger partial charge in [0.05, 0.1) is 0 Å². The van der Waals surface area contributed by atoms with Crippen LogP contribution in [0.1, 0.15) is 24.8 Å². The summed E-state index contributed by atoms with van der Waals surface area (Å²) in [6.45, 7) is 3.79. The van der Waals surface area contributed by atoms with E-state index in [-0.39, 0.29) is 6.10 Å². The molecular formula is C14H16O. The fourth-order valence-corrected chi connectivity index (χ4v) is 1.80. The molecule has 0 spiro atoms. The molecule has 0 bridgehead atoms. The highest BCUT2D eigenvalue weighted by molar-refractivity contribution is 5.55. The summed E-state index contributed by atoms with van der Waals surface area (Å²) in [4.78, 5) is 0. The smallest absolute Gasteiger partial charge is 0.127 e. The average molecular weight is 200 g/mol. The molecular weight excluding hydrogens is 184 g/mol. The zero-order valence-corrected chi connectivity index (χ0v) is 8.86. The topological polar surface area (TPSA) is 9.23 Å². The standard InChI is InChI=1S/C14H16O/c1-2-12-8-6-7-11-14(12)15-13-9-4-3-5-10-13/h2,4,6-9,11,13H,1,3,5,10H2. The van der Waals surface area contributed by atoms with Crippen LogP contribution in [0.4, 0.5) is 0 Å². The average Bonchev–Trinajstić information content (AvgIpc) is 2.31. The lowest BCUT2D eigenvalue weighted by molar-refractivity contribution is 0.229. The number of hydrogen-bond acceptors (Lipinski definition) is 1. The van der Waals surface area contributed by atoms with Gasteiger partial charge in [-0.2, -0.15) is 0 Å². The highest BCUT2D eigenvalue weighted by Gasteiger charge is 2.10. The van der Waals surface area contributed by atoms with Gasteiger partial charge >= 0.3 is 0 Å². The molecule has 0 saturated carbocycles. The summed E-state index contributed by atoms with van der Waals surface area (Å²) in [6.07, 6.45) is 9.94. The first kappa shape index (κ1) is 10.0. The molecule has 1 aliphatic rings. The van der Waals surface area contributed by atoms with Gasteiger partial charge in [-0.15, -0.1) is 0 Å². The molecule has 1 nitrogen and oxygen atoms in total. The number of rotatable bonds is 3. The van der Waals surface area contributed by atoms with Crippen molar-refractivity contribution in [3.05, 3.63) is 48.6 Å². The van der Waals surface area contributed by atoms with Crippen LogP contribution in [0.15, 0.2) is 43.0 Å². The summed E-state index contributed by atoms with van der Waals surface area (Å²) in [6, 6.07) is 8.02. The van der Waals surface area contributed by atoms with Crippen molar-refractivity contribution in [1.82, 2.24) is 0 Å². The molecule has 1 aromatic carbocycles. The number of ether oxygens (including phenoxy) is 1. The van der Waals surface area contributed by atoms with E-state index in [0.717, 1.165) is 17.7 Å². The lowest BCUT2D eigenvalue weighted by Gasteiger charge is -2.19. The van der Waals surface area contributed by atoms with Crippen molar-refractivity contribution in [2.45, 2.75) is 25.4 Å². The van der Waals surface area contributed by atoms with Crippen molar-refractivity contribution in [3.63, 3.8) is 0 Å². The Bertz CT molecular complexity index is 365. The summed E-state index contributed by atoms with van der Waals surface area (Å²) >= 11 is 0. The van der Waals surface area contributed by atoms with E-state index in [1.807, 2.05) is 30.3 Å². The Kier molecular flexibility index (Phi) is 3.23. The summed E-state index contributed by atoms with van der Waals surface area (Å²) < 4.78 is 5.92. The van der Waals surface area contributed by atoms with Crippen molar-refractivity contribution in [1.29, 1.82) is 0 Å². The van der Waals surface area contributed by atoms with Gasteiger partial charge in [-0.3, -0.25) is 0 Å². The lowest BCUT2D eigenvalue weighted by Crippen LogP contribution is -2.16. The fourth-order valence-electron chi connectivity index (χ4n) is 1.80. The van der Waals surface area contributed by atoms with Gasteiger partial charge in [-0.25, -0.2) is 0 Å². The van der Waals surface area contributed by atoms with Crippen molar-refractivity contribution in [2.24, 2.45) is 0 Å². The van der Waals surface area contributed by atoms with E-state index >= 15 is 0 Å². The molecule has 1 aliphatic carbocycles. The van der Waals surface area contributed by atoms with Gasteiger partial charge in [0, 0.05) is 5.56 Å². The number of hydrogen-bond donors (Lipinski definition) is 0. The molecule has 0 amide bonds. The largest absolute Gasteiger partial charge is 0.486 e. The molecule has 0 aromatic heterocycles. The first-order valence-electron chi connectivity index (χ1n) is 5.45. The molecule has 1 atom stereocenters. The van der Waals surface area contributed by atoms with Crippen molar-refractivity contribution in [3.8, 4) is 5.75 Å². The Morgan fingerprint density at radius 3 is 2.93 bits per heavy atom. The SMILES string of the molecule is C=Cc1ccccc1OC1C=CCCC1. The normalized spacial score (nSPS) is 19.9. The third kappa shape index (κ3) is 2.50. The first-order chi connectivity index (χ1) is 7.40. The van der Waals surface area contributed by atoms with Gasteiger partial charge in [0.1, 0.15) is 11.9 Å². The highest BCUT2D eigenvalue weighted by Crippen LogP contribution is 2.23. The van der Waals surface area contributed by atoms with Crippen LogP contribution in [0, 0.1) is 0 Å². The highest BCUT2D eigenvalue weighted by atomic mass is 16.5. The lowest BCUT2D eigenvalue weighted by atomic mass is 10.1. The van der Waals surface area contributed by atoms with Gasteiger partial charge < -0.3 is 4.74 Å². The molecule has 2 rings (SSSR count). The maximum absolute atomic E-state index is 5.92. The number of allylic oxidation sites excluding steroid dienone is 1. The minimum Gasteiger partial charge on any atom is -0.486 e. The Hall–Kier alpha value is -1.50. The summed E-state index contributed by atoms with van der Waals surface area (Å²) in [5, 5.41) is 0. The quantitative estimate of drug-likeness (QED) is 0.674. The second kappa shape index (κ2) is 4.83. The maximum atomic E-state index is 5.92. The van der Waals surface area contributed by atoms with Crippen LogP contribution in [0.3, 0.4) is 0 Å². The maximum Gasteiger partial charge on any atom is 0.127 e. The molecule has 0 saturated heterocycles. The molecule has 78 valence electrons. The van der Waals surface area contributed by atoms with Crippen LogP contribution in [-0.4, -0.2) is 6.10 Å². The van der Waals surface area contributed by atoms with E-state index in [1.165, 1.54) is 12.8 Å². The summed E-state index contributed by atoms with van der Waals surface area (Å²) in [5.41, 5.74) is 1.07. The van der Waals surface area contributed by atoms with Crippen molar-refractivity contribution < 1.29 is 4.74 Å². The minimum atomic E-state index is 0.236. The summed E-state index contributed by atoms with van der Waals surface area (Å²) in [7, 11) is 0. The van der Waals surface area contributed by atoms with E-state index in [4.69, 9.17) is 4.74 Å². The van der Waals surface area contributed by atoms with Crippen molar-refractivity contribution >= 4 is 6.08 Å². The molecule has 0 fully saturated rings. The molecule has 0 radical (unpaired) electrons. The first-order valence-corrected chi connectivity index (χ1v) is 5.45. The van der Waals surface area contributed by atoms with Gasteiger partial charge in [-0.05, 0) is 31.4 Å². The number of para-hydroxylation sites is 1. The van der Waals surface area contributed by atoms with Crippen LogP contribution in [0.5, 0.6) is 5.75 Å². The molecule has 0 N–H and O–H groups in total. The van der Waals surface area contributed by atoms with Gasteiger partial charge in [-0.1, -0.05) is 36.9 Å². The predicted molar refractivity (Wildman–Crippen MR) is 63.9 cm³/mol. The summed E-state index contributed by atoms with van der Waals surface area (Å²) in [5.74, 6) is 0.934. The Balaban J connectivity index is 2.12. The van der Waals surface area contributed by atoms with Crippen LogP contribution >= 0.6 is 0 Å². The van der Waals surface area contributed by atoms with Gasteiger partial charge in [0.15, 0.2) is 0 Å². The van der Waals surface area contributed by atoms with E-state index in [9.17, 15) is 0 Å². The fraction of sp³-hybridized carbons (Fsp3) is 0.286. The van der Waals surface area contributed by atoms with Crippen LogP contribution in [-0.2, 0) is 0 Å². The second-order valence-corrected chi connectivity index (χ2v) is 3.76. The third-order valence-electron chi connectivity index (χ3n) is 2.63. The van der Waals surface area contributed by atoms with Gasteiger partial charge in [0.2, 0.25) is 0 Å². The van der Waals surface area contributed by atoms with E-state index in [2.05, 4.69) is 18.7 Å². The third-order valence-corrected chi connectivity index (χ3v) is 2.63.